The number of rotatable bonds is 3. The van der Waals surface area contributed by atoms with E-state index < -0.39 is 0 Å². The molecule has 1 aliphatic rings. The van der Waals surface area contributed by atoms with Crippen molar-refractivity contribution in [2.45, 2.75) is 40.2 Å². The first kappa shape index (κ1) is 17.8. The molecule has 0 bridgehead atoms. The number of nitrogens with zero attached hydrogens (tertiary/aromatic N) is 2. The second-order valence-electron chi connectivity index (χ2n) is 6.97. The Hall–Kier alpha value is -3.06. The van der Waals surface area contributed by atoms with Crippen molar-refractivity contribution in [1.29, 1.82) is 5.26 Å². The van der Waals surface area contributed by atoms with Gasteiger partial charge >= 0.3 is 0 Å². The second-order valence-corrected chi connectivity index (χ2v) is 6.97. The number of fused-ring (bicyclic) bond motifs is 1. The maximum Gasteiger partial charge on any atom is 0.267 e. The highest BCUT2D eigenvalue weighted by Gasteiger charge is 2.25. The molecule has 1 aliphatic heterocycles. The largest absolute Gasteiger partial charge is 0.343 e. The van der Waals surface area contributed by atoms with Gasteiger partial charge in [-0.1, -0.05) is 35.9 Å². The highest BCUT2D eigenvalue weighted by Crippen LogP contribution is 2.32. The van der Waals surface area contributed by atoms with Crippen LogP contribution in [0, 0.1) is 32.1 Å². The molecule has 0 fully saturated rings. The summed E-state index contributed by atoms with van der Waals surface area (Å²) in [7, 11) is 0. The monoisotopic (exact) mass is 345 g/mol. The summed E-state index contributed by atoms with van der Waals surface area (Å²) in [5.74, 6) is -0.376. The fraction of sp³-hybridized carbons (Fsp3) is 0.273. The molecule has 132 valence electrons. The lowest BCUT2D eigenvalue weighted by molar-refractivity contribution is -0.112. The van der Waals surface area contributed by atoms with Crippen LogP contribution in [0.3, 0.4) is 0 Å². The van der Waals surface area contributed by atoms with Crippen LogP contribution in [0.5, 0.6) is 0 Å². The summed E-state index contributed by atoms with van der Waals surface area (Å²) in [5.41, 5.74) is 6.31. The Morgan fingerprint density at radius 1 is 1.23 bits per heavy atom. The predicted octanol–water partition coefficient (Wildman–Crippen LogP) is 4.41. The molecule has 0 saturated carbocycles. The van der Waals surface area contributed by atoms with Gasteiger partial charge in [0.15, 0.2) is 0 Å². The van der Waals surface area contributed by atoms with Crippen LogP contribution in [-0.2, 0) is 11.2 Å². The topological polar surface area (TPSA) is 56.1 Å². The fourth-order valence-electron chi connectivity index (χ4n) is 3.62. The Balaban J connectivity index is 1.89. The first-order chi connectivity index (χ1) is 12.4. The fourth-order valence-corrected chi connectivity index (χ4v) is 3.62. The number of para-hydroxylation sites is 1. The summed E-state index contributed by atoms with van der Waals surface area (Å²) in [6.07, 6.45) is 2.58. The molecule has 0 radical (unpaired) electrons. The first-order valence-electron chi connectivity index (χ1n) is 8.78. The van der Waals surface area contributed by atoms with Gasteiger partial charge in [0.2, 0.25) is 0 Å². The summed E-state index contributed by atoms with van der Waals surface area (Å²) >= 11 is 0. The molecule has 2 aromatic carbocycles. The maximum absolute atomic E-state index is 12.7. The molecule has 4 heteroatoms. The van der Waals surface area contributed by atoms with Crippen molar-refractivity contribution in [3.8, 4) is 6.07 Å². The average Bonchev–Trinajstić information content (AvgIpc) is 2.91. The number of benzene rings is 2. The molecule has 1 N–H and O–H groups in total. The highest BCUT2D eigenvalue weighted by atomic mass is 16.1. The molecule has 0 aromatic heterocycles. The maximum atomic E-state index is 12.7. The van der Waals surface area contributed by atoms with Crippen LogP contribution in [0.1, 0.15) is 29.2 Å². The van der Waals surface area contributed by atoms with Gasteiger partial charge in [-0.15, -0.1) is 0 Å². The Bertz CT molecular complexity index is 914. The van der Waals surface area contributed by atoms with E-state index in [0.29, 0.717) is 0 Å². The van der Waals surface area contributed by atoms with Crippen molar-refractivity contribution in [2.24, 2.45) is 0 Å². The van der Waals surface area contributed by atoms with Gasteiger partial charge in [0.25, 0.3) is 5.91 Å². The van der Waals surface area contributed by atoms with Crippen LogP contribution in [0.25, 0.3) is 0 Å². The van der Waals surface area contributed by atoms with Crippen molar-refractivity contribution in [2.75, 3.05) is 10.2 Å². The zero-order valence-corrected chi connectivity index (χ0v) is 15.6. The normalized spacial score (nSPS) is 16.2. The lowest BCUT2D eigenvalue weighted by atomic mass is 10.0. The van der Waals surface area contributed by atoms with Crippen molar-refractivity contribution < 1.29 is 4.79 Å². The lowest BCUT2D eigenvalue weighted by Gasteiger charge is -2.21. The molecule has 26 heavy (non-hydrogen) atoms. The number of aryl methyl sites for hydroxylation is 3. The molecule has 3 rings (SSSR count). The summed E-state index contributed by atoms with van der Waals surface area (Å²) in [4.78, 5) is 14.7. The number of hydrogen-bond acceptors (Lipinski definition) is 3. The molecule has 1 unspecified atom stereocenters. The Morgan fingerprint density at radius 2 is 1.88 bits per heavy atom. The molecule has 0 saturated heterocycles. The lowest BCUT2D eigenvalue weighted by Crippen LogP contribution is -2.26. The number of hydrogen-bond donors (Lipinski definition) is 1. The summed E-state index contributed by atoms with van der Waals surface area (Å²) < 4.78 is 0. The molecule has 0 spiro atoms. The van der Waals surface area contributed by atoms with Crippen molar-refractivity contribution in [3.63, 3.8) is 0 Å². The van der Waals surface area contributed by atoms with Gasteiger partial charge in [-0.05, 0) is 56.9 Å². The number of anilines is 2. The minimum Gasteiger partial charge on any atom is -0.343 e. The summed E-state index contributed by atoms with van der Waals surface area (Å²) in [5, 5.41) is 12.5. The van der Waals surface area contributed by atoms with Crippen LogP contribution >= 0.6 is 0 Å². The van der Waals surface area contributed by atoms with E-state index in [0.717, 1.165) is 34.5 Å². The molecule has 2 aromatic rings. The number of nitrogens with one attached hydrogen (secondary N) is 1. The van der Waals surface area contributed by atoms with E-state index in [1.165, 1.54) is 5.56 Å². The Kier molecular flexibility index (Phi) is 4.81. The molecule has 0 aliphatic carbocycles. The van der Waals surface area contributed by atoms with Crippen molar-refractivity contribution in [3.05, 3.63) is 70.4 Å². The summed E-state index contributed by atoms with van der Waals surface area (Å²) in [6, 6.07) is 14.4. The second kappa shape index (κ2) is 7.05. The minimum atomic E-state index is -0.376. The van der Waals surface area contributed by atoms with E-state index in [1.807, 2.05) is 56.0 Å². The summed E-state index contributed by atoms with van der Waals surface area (Å²) in [6.45, 7) is 8.05. The molecule has 1 heterocycles. The molecule has 1 atom stereocenters. The van der Waals surface area contributed by atoms with Gasteiger partial charge in [0, 0.05) is 23.6 Å². The third-order valence-electron chi connectivity index (χ3n) is 4.81. The van der Waals surface area contributed by atoms with Crippen molar-refractivity contribution in [1.82, 2.24) is 0 Å². The molecular formula is C22H23N3O. The quantitative estimate of drug-likeness (QED) is 0.662. The predicted molar refractivity (Wildman–Crippen MR) is 105 cm³/mol. The first-order valence-corrected chi connectivity index (χ1v) is 8.78. The van der Waals surface area contributed by atoms with E-state index in [1.54, 1.807) is 6.20 Å². The number of amides is 1. The number of carbonyl (C=O) groups excluding carboxylic acids is 1. The van der Waals surface area contributed by atoms with Crippen molar-refractivity contribution >= 4 is 17.3 Å². The van der Waals surface area contributed by atoms with Crippen LogP contribution in [0.2, 0.25) is 0 Å². The average molecular weight is 345 g/mol. The SMILES string of the molecule is Cc1cc(C)c(NC(=O)/C(C#N)=C\N2c3ccccc3CC2C)c(C)c1. The highest BCUT2D eigenvalue weighted by molar-refractivity contribution is 6.07. The number of nitriles is 1. The third-order valence-corrected chi connectivity index (χ3v) is 4.81. The van der Waals surface area contributed by atoms with Crippen LogP contribution in [-0.4, -0.2) is 11.9 Å². The third kappa shape index (κ3) is 3.34. The van der Waals surface area contributed by atoms with Gasteiger partial charge < -0.3 is 10.2 Å². The van der Waals surface area contributed by atoms with E-state index in [9.17, 15) is 10.1 Å². The van der Waals surface area contributed by atoms with Crippen LogP contribution < -0.4 is 10.2 Å². The van der Waals surface area contributed by atoms with Gasteiger partial charge in [-0.3, -0.25) is 4.79 Å². The van der Waals surface area contributed by atoms with E-state index in [2.05, 4.69) is 24.4 Å². The zero-order valence-electron chi connectivity index (χ0n) is 15.6. The Labute approximate surface area is 154 Å². The van der Waals surface area contributed by atoms with Gasteiger partial charge in [-0.25, -0.2) is 0 Å². The zero-order chi connectivity index (χ0) is 18.8. The van der Waals surface area contributed by atoms with Gasteiger partial charge in [0.05, 0.1) is 0 Å². The number of carbonyl (C=O) groups is 1. The molecular weight excluding hydrogens is 322 g/mol. The van der Waals surface area contributed by atoms with Crippen LogP contribution in [0.15, 0.2) is 48.2 Å². The van der Waals surface area contributed by atoms with Gasteiger partial charge in [0.1, 0.15) is 11.6 Å². The van der Waals surface area contributed by atoms with Gasteiger partial charge in [-0.2, -0.15) is 5.26 Å². The van der Waals surface area contributed by atoms with E-state index in [4.69, 9.17) is 0 Å². The van der Waals surface area contributed by atoms with E-state index in [-0.39, 0.29) is 17.5 Å². The Morgan fingerprint density at radius 3 is 2.54 bits per heavy atom. The smallest absolute Gasteiger partial charge is 0.267 e. The minimum absolute atomic E-state index is 0.105. The molecule has 4 nitrogen and oxygen atoms in total. The van der Waals surface area contributed by atoms with Crippen LogP contribution in [0.4, 0.5) is 11.4 Å². The standard InChI is InChI=1S/C22H23N3O/c1-14-9-15(2)21(16(3)10-14)24-22(26)19(12-23)13-25-17(4)11-18-7-5-6-8-20(18)25/h5-10,13,17H,11H2,1-4H3,(H,24,26)/b19-13-. The molecule has 1 amide bonds. The van der Waals surface area contributed by atoms with E-state index >= 15 is 0 Å².